The van der Waals surface area contributed by atoms with E-state index in [0.29, 0.717) is 32.6 Å². The summed E-state index contributed by atoms with van der Waals surface area (Å²) in [4.78, 5) is 36.1. The fourth-order valence-electron chi connectivity index (χ4n) is 10.8. The van der Waals surface area contributed by atoms with Crippen molar-refractivity contribution >= 4 is 42.1 Å². The van der Waals surface area contributed by atoms with Gasteiger partial charge in [-0.15, -0.1) is 5.10 Å². The minimum Gasteiger partial charge on any atom is -0.497 e. The Bertz CT molecular complexity index is 2350. The van der Waals surface area contributed by atoms with Gasteiger partial charge >= 0.3 is 0 Å². The number of nitrogens with one attached hydrogen (secondary N) is 1. The Morgan fingerprint density at radius 2 is 1.65 bits per heavy atom. The molecule has 3 saturated heterocycles. The zero-order valence-electron chi connectivity index (χ0n) is 35.0. The molecule has 0 saturated carbocycles. The van der Waals surface area contributed by atoms with Crippen molar-refractivity contribution in [1.29, 1.82) is 0 Å². The van der Waals surface area contributed by atoms with Crippen LogP contribution in [-0.2, 0) is 39.4 Å². The Kier molecular flexibility index (Phi) is 10.6. The number of para-hydroxylation sites is 2. The summed E-state index contributed by atoms with van der Waals surface area (Å²) in [6, 6.07) is 34.9. The van der Waals surface area contributed by atoms with Gasteiger partial charge in [0.1, 0.15) is 11.3 Å². The van der Waals surface area contributed by atoms with Crippen LogP contribution in [0.2, 0.25) is 18.6 Å². The number of ether oxygens (including phenoxy) is 2. The molecule has 60 heavy (non-hydrogen) atoms. The van der Waals surface area contributed by atoms with E-state index in [1.54, 1.807) is 7.11 Å². The molecule has 0 bridgehead atoms. The summed E-state index contributed by atoms with van der Waals surface area (Å²) in [6.45, 7) is 9.94. The third-order valence-electron chi connectivity index (χ3n) is 13.8. The molecule has 5 aromatic rings. The van der Waals surface area contributed by atoms with Crippen LogP contribution in [0.1, 0.15) is 43.0 Å². The van der Waals surface area contributed by atoms with Crippen molar-refractivity contribution in [3.63, 3.8) is 0 Å². The van der Waals surface area contributed by atoms with E-state index in [0.717, 1.165) is 65.6 Å². The number of aliphatic hydroxyl groups excluding tert-OH is 1. The van der Waals surface area contributed by atoms with Gasteiger partial charge in [-0.25, -0.2) is 0 Å². The number of anilines is 3. The van der Waals surface area contributed by atoms with E-state index in [2.05, 4.69) is 76.9 Å². The SMILES string of the molecule is COc1ccc([Si](C)(C)[C@@H]2[C@@H](CCn3cc(CCO)nn3)O[C@]3(C(=O)N(Cc4cccc(N5CN(c6ccccc6)C6(CCNCC6)C5=O)c4)c4ccccc43)[C@H]2C)cc1. The molecule has 312 valence electrons. The molecule has 4 aromatic carbocycles. The number of piperidine rings is 1. The topological polar surface area (TPSA) is 125 Å². The summed E-state index contributed by atoms with van der Waals surface area (Å²) in [6.07, 6.45) is 4.21. The number of rotatable bonds is 12. The summed E-state index contributed by atoms with van der Waals surface area (Å²) < 4.78 is 14.7. The molecule has 5 heterocycles. The number of carbonyl (C=O) groups excluding carboxylic acids is 2. The standard InChI is InChI=1S/C47H55N7O5Si/c1-33-43(60(3,4)39-19-17-38(58-2)18-20-39)42(21-27-51-31-35(22-28-55)49-50-51)59-47(33)40-15-8-9-16-41(40)52(45(47)57)30-34-11-10-14-37(29-34)53-32-54(36-12-6-5-7-13-36)46(44(53)56)23-25-48-26-24-46/h5-20,29,31,33,42-43,48,55H,21-28,30,32H2,1-4H3/t33-,42+,43-,47+/m0/s1. The van der Waals surface area contributed by atoms with Crippen LogP contribution in [0.4, 0.5) is 17.1 Å². The van der Waals surface area contributed by atoms with Gasteiger partial charge in [-0.1, -0.05) is 91.1 Å². The number of benzene rings is 4. The van der Waals surface area contributed by atoms with Gasteiger partial charge in [-0.05, 0) is 85.9 Å². The maximum atomic E-state index is 15.5. The molecule has 0 aliphatic carbocycles. The average Bonchev–Trinajstić information content (AvgIpc) is 3.99. The maximum Gasteiger partial charge on any atom is 0.264 e. The van der Waals surface area contributed by atoms with Crippen LogP contribution >= 0.6 is 0 Å². The van der Waals surface area contributed by atoms with Crippen molar-refractivity contribution in [1.82, 2.24) is 20.3 Å². The number of aromatic nitrogens is 3. The molecule has 2 amide bonds. The van der Waals surface area contributed by atoms with Crippen molar-refractivity contribution < 1.29 is 24.2 Å². The summed E-state index contributed by atoms with van der Waals surface area (Å²) in [5, 5.41) is 22.8. The highest BCUT2D eigenvalue weighted by atomic mass is 28.3. The van der Waals surface area contributed by atoms with Crippen LogP contribution in [0.5, 0.6) is 5.75 Å². The molecular formula is C47H55N7O5Si. The lowest BCUT2D eigenvalue weighted by Crippen LogP contribution is -2.55. The number of methoxy groups -OCH3 is 1. The Morgan fingerprint density at radius 3 is 2.40 bits per heavy atom. The zero-order chi connectivity index (χ0) is 41.6. The molecule has 2 N–H and O–H groups in total. The van der Waals surface area contributed by atoms with Crippen molar-refractivity contribution in [2.24, 2.45) is 5.92 Å². The lowest BCUT2D eigenvalue weighted by molar-refractivity contribution is -0.146. The van der Waals surface area contributed by atoms with Gasteiger partial charge in [-0.2, -0.15) is 0 Å². The third kappa shape index (κ3) is 6.62. The fraction of sp³-hybridized carbons (Fsp3) is 0.404. The summed E-state index contributed by atoms with van der Waals surface area (Å²) in [5.41, 5.74) is 3.59. The zero-order valence-corrected chi connectivity index (χ0v) is 36.0. The van der Waals surface area contributed by atoms with Crippen LogP contribution in [0.15, 0.2) is 109 Å². The van der Waals surface area contributed by atoms with Gasteiger partial charge in [0.25, 0.3) is 11.8 Å². The minimum atomic E-state index is -2.35. The van der Waals surface area contributed by atoms with Crippen molar-refractivity contribution in [2.45, 2.75) is 81.6 Å². The first-order valence-corrected chi connectivity index (χ1v) is 24.4. The van der Waals surface area contributed by atoms with Crippen LogP contribution < -0.4 is 29.9 Å². The van der Waals surface area contributed by atoms with E-state index in [1.165, 1.54) is 5.19 Å². The minimum absolute atomic E-state index is 0.0123. The molecule has 12 nitrogen and oxygen atoms in total. The van der Waals surface area contributed by atoms with Gasteiger partial charge in [0, 0.05) is 48.6 Å². The number of aliphatic hydroxyl groups is 1. The van der Waals surface area contributed by atoms with Gasteiger partial charge in [0.05, 0.1) is 45.9 Å². The Hall–Kier alpha value is -5.34. The van der Waals surface area contributed by atoms with E-state index in [9.17, 15) is 9.90 Å². The van der Waals surface area contributed by atoms with Crippen LogP contribution in [0.25, 0.3) is 0 Å². The maximum absolute atomic E-state index is 15.5. The highest BCUT2D eigenvalue weighted by Crippen LogP contribution is 2.60. The number of nitrogens with zero attached hydrogens (tertiary/aromatic N) is 6. The highest BCUT2D eigenvalue weighted by Gasteiger charge is 2.66. The van der Waals surface area contributed by atoms with Crippen molar-refractivity contribution in [3.05, 3.63) is 126 Å². The Labute approximate surface area is 353 Å². The molecular weight excluding hydrogens is 771 g/mol. The normalized spacial score (nSPS) is 23.6. The molecule has 9 rings (SSSR count). The Balaban J connectivity index is 1.04. The first-order chi connectivity index (χ1) is 29.1. The second-order valence-electron chi connectivity index (χ2n) is 17.4. The number of carbonyl (C=O) groups is 2. The molecule has 2 spiro atoms. The largest absolute Gasteiger partial charge is 0.497 e. The van der Waals surface area contributed by atoms with Crippen LogP contribution in [0, 0.1) is 5.92 Å². The molecule has 1 aromatic heterocycles. The molecule has 4 aliphatic rings. The van der Waals surface area contributed by atoms with E-state index in [-0.39, 0.29) is 36.0 Å². The highest BCUT2D eigenvalue weighted by molar-refractivity contribution is 6.91. The van der Waals surface area contributed by atoms with E-state index in [1.807, 2.05) is 87.4 Å². The number of fused-ring (bicyclic) bond motifs is 2. The molecule has 0 unspecified atom stereocenters. The van der Waals surface area contributed by atoms with Crippen LogP contribution in [0.3, 0.4) is 0 Å². The van der Waals surface area contributed by atoms with Gasteiger partial charge in [0.15, 0.2) is 5.60 Å². The lowest BCUT2D eigenvalue weighted by Gasteiger charge is -2.39. The van der Waals surface area contributed by atoms with Gasteiger partial charge < -0.3 is 29.7 Å². The molecule has 3 fully saturated rings. The molecule has 4 aliphatic heterocycles. The number of aryl methyl sites for hydroxylation is 1. The smallest absolute Gasteiger partial charge is 0.264 e. The van der Waals surface area contributed by atoms with Crippen molar-refractivity contribution in [2.75, 3.05) is 48.2 Å². The van der Waals surface area contributed by atoms with E-state index in [4.69, 9.17) is 9.47 Å². The third-order valence-corrected chi connectivity index (χ3v) is 18.2. The van der Waals surface area contributed by atoms with E-state index < -0.39 is 19.2 Å². The Morgan fingerprint density at radius 1 is 0.917 bits per heavy atom. The molecule has 4 atom stereocenters. The van der Waals surface area contributed by atoms with Gasteiger partial charge in [-0.3, -0.25) is 19.2 Å². The quantitative estimate of drug-likeness (QED) is 0.155. The van der Waals surface area contributed by atoms with Crippen molar-refractivity contribution in [3.8, 4) is 5.75 Å². The molecule has 13 heteroatoms. The first kappa shape index (κ1) is 40.1. The second-order valence-corrected chi connectivity index (χ2v) is 22.1. The first-order valence-electron chi connectivity index (χ1n) is 21.3. The average molecular weight is 826 g/mol. The number of hydrogen-bond acceptors (Lipinski definition) is 9. The number of amides is 2. The van der Waals surface area contributed by atoms with Gasteiger partial charge in [0.2, 0.25) is 0 Å². The summed E-state index contributed by atoms with van der Waals surface area (Å²) in [5.74, 6) is 0.728. The predicted molar refractivity (Wildman–Crippen MR) is 235 cm³/mol. The predicted octanol–water partition coefficient (Wildman–Crippen LogP) is 5.61. The fourth-order valence-corrected chi connectivity index (χ4v) is 14.9. The summed E-state index contributed by atoms with van der Waals surface area (Å²) >= 11 is 0. The monoisotopic (exact) mass is 825 g/mol. The van der Waals surface area contributed by atoms with E-state index >= 15 is 4.79 Å². The lowest BCUT2D eigenvalue weighted by atomic mass is 9.82. The number of hydrogen-bond donors (Lipinski definition) is 2. The summed E-state index contributed by atoms with van der Waals surface area (Å²) in [7, 11) is -0.664. The van der Waals surface area contributed by atoms with Crippen LogP contribution in [-0.4, -0.2) is 85.1 Å². The second kappa shape index (κ2) is 15.9. The molecule has 0 radical (unpaired) electrons.